The van der Waals surface area contributed by atoms with Gasteiger partial charge in [-0.05, 0) is 36.1 Å². The fourth-order valence-electron chi connectivity index (χ4n) is 4.16. The van der Waals surface area contributed by atoms with Gasteiger partial charge in [0.15, 0.2) is 0 Å². The summed E-state index contributed by atoms with van der Waals surface area (Å²) in [5.41, 5.74) is 4.73. The van der Waals surface area contributed by atoms with E-state index in [1.807, 2.05) is 0 Å². The first-order valence-electron chi connectivity index (χ1n) is 7.94. The Morgan fingerprint density at radius 2 is 1.26 bits per heavy atom. The zero-order valence-electron chi connectivity index (χ0n) is 15.0. The Bertz CT molecular complexity index is 280. The molecule has 0 aliphatic heterocycles. The van der Waals surface area contributed by atoms with E-state index >= 15 is 0 Å². The zero-order chi connectivity index (χ0) is 15.4. The average Bonchev–Trinajstić information content (AvgIpc) is 2.24. The maximum Gasteiger partial charge on any atom is 0.0798 e. The summed E-state index contributed by atoms with van der Waals surface area (Å²) in [6, 6.07) is 0. The largest absolute Gasteiger partial charge is 0.313 e. The highest BCUT2D eigenvalue weighted by molar-refractivity contribution is 6.84. The Balaban J connectivity index is 5.13. The van der Waals surface area contributed by atoms with Gasteiger partial charge < -0.3 is 5.32 Å². The summed E-state index contributed by atoms with van der Waals surface area (Å²) in [7, 11) is -0.162. The van der Waals surface area contributed by atoms with Crippen LogP contribution in [0.1, 0.15) is 62.3 Å². The summed E-state index contributed by atoms with van der Waals surface area (Å²) in [5, 5.41) is 5.46. The summed E-state index contributed by atoms with van der Waals surface area (Å²) in [4.78, 5) is 0. The molecular weight excluding hydrogens is 262 g/mol. The number of rotatable bonds is 7. The molecule has 0 aromatic carbocycles. The average molecular weight is 300 g/mol. The molecule has 0 bridgehead atoms. The molecule has 0 heterocycles. The molecule has 1 nitrogen and oxygen atoms in total. The Morgan fingerprint density at radius 1 is 0.895 bits per heavy atom. The van der Waals surface area contributed by atoms with Gasteiger partial charge in [0.1, 0.15) is 0 Å². The van der Waals surface area contributed by atoms with Crippen LogP contribution < -0.4 is 5.32 Å². The Kier molecular flexibility index (Phi) is 7.85. The first-order chi connectivity index (χ1) is 8.58. The fraction of sp³-hybridized carbons (Fsp3) is 0.875. The smallest absolute Gasteiger partial charge is 0.0798 e. The fourth-order valence-corrected chi connectivity index (χ4v) is 11.8. The maximum atomic E-state index is 3.87. The van der Waals surface area contributed by atoms with Gasteiger partial charge in [0, 0.05) is 16.8 Å². The van der Waals surface area contributed by atoms with Crippen LogP contribution >= 0.6 is 0 Å². The van der Waals surface area contributed by atoms with Crippen molar-refractivity contribution in [3.05, 3.63) is 10.8 Å². The van der Waals surface area contributed by atoms with Crippen molar-refractivity contribution in [2.75, 3.05) is 6.54 Å². The summed E-state index contributed by atoms with van der Waals surface area (Å²) in [6.45, 7) is 22.8. The van der Waals surface area contributed by atoms with Crippen LogP contribution in [-0.2, 0) is 0 Å². The predicted octanol–water partition coefficient (Wildman–Crippen LogP) is 3.84. The van der Waals surface area contributed by atoms with E-state index in [1.165, 1.54) is 10.2 Å². The molecule has 0 radical (unpaired) electrons. The first kappa shape index (κ1) is 19.1. The third kappa shape index (κ3) is 4.30. The van der Waals surface area contributed by atoms with Crippen molar-refractivity contribution >= 4 is 18.3 Å². The van der Waals surface area contributed by atoms with Crippen LogP contribution in [0, 0.1) is 0 Å². The molecule has 0 aliphatic carbocycles. The van der Waals surface area contributed by atoms with Crippen LogP contribution in [0.2, 0.25) is 16.6 Å². The van der Waals surface area contributed by atoms with Gasteiger partial charge >= 0.3 is 0 Å². The predicted molar refractivity (Wildman–Crippen MR) is 96.8 cm³/mol. The number of hydrogen-bond donors (Lipinski definition) is 1. The zero-order valence-corrected chi connectivity index (χ0v) is 18.0. The van der Waals surface area contributed by atoms with Gasteiger partial charge in [-0.2, -0.15) is 0 Å². The van der Waals surface area contributed by atoms with E-state index in [2.05, 4.69) is 67.6 Å². The van der Waals surface area contributed by atoms with Crippen molar-refractivity contribution in [2.45, 2.75) is 84.6 Å². The summed E-state index contributed by atoms with van der Waals surface area (Å²) in [5.74, 6) is 0. The number of nitrogens with one attached hydrogen (secondary N) is 1. The topological polar surface area (TPSA) is 12.0 Å². The highest BCUT2D eigenvalue weighted by Crippen LogP contribution is 2.43. The van der Waals surface area contributed by atoms with E-state index in [0.29, 0.717) is 5.67 Å². The van der Waals surface area contributed by atoms with Crippen LogP contribution in [0.4, 0.5) is 0 Å². The Labute approximate surface area is 126 Å². The van der Waals surface area contributed by atoms with Crippen LogP contribution in [0.5, 0.6) is 0 Å². The van der Waals surface area contributed by atoms with E-state index in [4.69, 9.17) is 0 Å². The normalized spacial score (nSPS) is 16.4. The molecule has 0 saturated carbocycles. The van der Waals surface area contributed by atoms with Crippen molar-refractivity contribution in [1.29, 1.82) is 0 Å². The van der Waals surface area contributed by atoms with Crippen molar-refractivity contribution in [3.63, 3.8) is 0 Å². The summed E-state index contributed by atoms with van der Waals surface area (Å²) >= 11 is 0. The Hall–Kier alpha value is 0.134. The molecule has 0 amide bonds. The first-order valence-corrected chi connectivity index (χ1v) is 11.3. The molecule has 3 heteroatoms. The SMILES string of the molecule is CC([SiH3])=C(C)CNC(C)[Si](C(C)C)(C(C)C)C(C)C. The van der Waals surface area contributed by atoms with Gasteiger partial charge in [0.05, 0.1) is 8.07 Å². The van der Waals surface area contributed by atoms with E-state index in [-0.39, 0.29) is 0 Å². The summed E-state index contributed by atoms with van der Waals surface area (Å²) in [6.07, 6.45) is 0. The monoisotopic (exact) mass is 299 g/mol. The molecule has 0 spiro atoms. The third-order valence-corrected chi connectivity index (χ3v) is 13.8. The Morgan fingerprint density at radius 3 is 1.53 bits per heavy atom. The van der Waals surface area contributed by atoms with Gasteiger partial charge in [-0.1, -0.05) is 59.2 Å². The maximum absolute atomic E-state index is 3.87. The lowest BCUT2D eigenvalue weighted by molar-refractivity contribution is 0.637. The second-order valence-corrected chi connectivity index (χ2v) is 15.2. The van der Waals surface area contributed by atoms with Gasteiger partial charge in [-0.3, -0.25) is 0 Å². The quantitative estimate of drug-likeness (QED) is 0.704. The van der Waals surface area contributed by atoms with Gasteiger partial charge in [-0.15, -0.1) is 0 Å². The van der Waals surface area contributed by atoms with Crippen molar-refractivity contribution in [1.82, 2.24) is 5.32 Å². The summed E-state index contributed by atoms with van der Waals surface area (Å²) < 4.78 is 0. The number of allylic oxidation sites excluding steroid dienone is 1. The van der Waals surface area contributed by atoms with E-state index in [1.54, 1.807) is 10.8 Å². The van der Waals surface area contributed by atoms with E-state index in [9.17, 15) is 0 Å². The highest BCUT2D eigenvalue weighted by Gasteiger charge is 2.46. The second-order valence-electron chi connectivity index (χ2n) is 7.35. The lowest BCUT2D eigenvalue weighted by Gasteiger charge is -2.48. The van der Waals surface area contributed by atoms with Crippen LogP contribution in [0.3, 0.4) is 0 Å². The molecule has 0 aliphatic rings. The third-order valence-electron chi connectivity index (χ3n) is 5.28. The lowest BCUT2D eigenvalue weighted by Crippen LogP contribution is -2.59. The molecule has 1 atom stereocenters. The van der Waals surface area contributed by atoms with E-state index in [0.717, 1.165) is 23.2 Å². The molecular formula is C16H37NSi2. The van der Waals surface area contributed by atoms with Gasteiger partial charge in [0.25, 0.3) is 0 Å². The second kappa shape index (κ2) is 7.79. The molecule has 0 aromatic rings. The molecule has 0 fully saturated rings. The molecule has 1 N–H and O–H groups in total. The molecule has 19 heavy (non-hydrogen) atoms. The number of hydrogen-bond acceptors (Lipinski definition) is 1. The van der Waals surface area contributed by atoms with Crippen LogP contribution in [0.25, 0.3) is 0 Å². The minimum atomic E-state index is -1.35. The highest BCUT2D eigenvalue weighted by atomic mass is 28.3. The van der Waals surface area contributed by atoms with Crippen LogP contribution in [0.15, 0.2) is 10.8 Å². The molecule has 0 rings (SSSR count). The molecule has 0 aromatic heterocycles. The lowest BCUT2D eigenvalue weighted by atomic mass is 10.3. The van der Waals surface area contributed by atoms with Crippen molar-refractivity contribution in [2.24, 2.45) is 0 Å². The van der Waals surface area contributed by atoms with Gasteiger partial charge in [0.2, 0.25) is 0 Å². The van der Waals surface area contributed by atoms with Gasteiger partial charge in [-0.25, -0.2) is 0 Å². The minimum Gasteiger partial charge on any atom is -0.313 e. The van der Waals surface area contributed by atoms with E-state index < -0.39 is 8.07 Å². The molecule has 1 unspecified atom stereocenters. The molecule has 0 saturated heterocycles. The van der Waals surface area contributed by atoms with Crippen molar-refractivity contribution < 1.29 is 0 Å². The standard InChI is InChI=1S/C16H37NSi2/c1-11(2)19(12(3)4,13(5)6)16(9)17-10-14(7)15(8)18/h11-13,16-17H,10H2,1-9,18H3. The van der Waals surface area contributed by atoms with Crippen molar-refractivity contribution in [3.8, 4) is 0 Å². The molecule has 114 valence electrons. The van der Waals surface area contributed by atoms with Crippen LogP contribution in [-0.4, -0.2) is 30.5 Å². The minimum absolute atomic E-state index is 0.684.